The molecular weight excluding hydrogens is 482 g/mol. The summed E-state index contributed by atoms with van der Waals surface area (Å²) in [6, 6.07) is 17.0. The van der Waals surface area contributed by atoms with Crippen LogP contribution in [0.2, 0.25) is 5.15 Å². The molecule has 0 N–H and O–H groups in total. The molecule has 0 bridgehead atoms. The lowest BCUT2D eigenvalue weighted by molar-refractivity contribution is 0.100. The van der Waals surface area contributed by atoms with Crippen LogP contribution in [0.4, 0.5) is 0 Å². The quantitative estimate of drug-likeness (QED) is 0.266. The Kier molecular flexibility index (Phi) is 6.87. The highest BCUT2D eigenvalue weighted by Gasteiger charge is 2.19. The van der Waals surface area contributed by atoms with E-state index in [1.807, 2.05) is 6.26 Å². The van der Waals surface area contributed by atoms with E-state index in [9.17, 15) is 9.00 Å². The van der Waals surface area contributed by atoms with E-state index in [4.69, 9.17) is 11.6 Å². The molecule has 144 valence electrons. The van der Waals surface area contributed by atoms with Gasteiger partial charge in [-0.05, 0) is 48.7 Å². The molecule has 1 heterocycles. The molecule has 1 amide bonds. The number of aromatic nitrogens is 2. The second-order valence-corrected chi connectivity index (χ2v) is 9.97. The third-order valence-electron chi connectivity index (χ3n) is 3.69. The molecule has 0 aliphatic heterocycles. The lowest BCUT2D eigenvalue weighted by Crippen LogP contribution is -2.10. The highest BCUT2D eigenvalue weighted by molar-refractivity contribution is 9.10. The molecule has 1 aromatic heterocycles. The van der Waals surface area contributed by atoms with Gasteiger partial charge in [-0.2, -0.15) is 4.36 Å². The Morgan fingerprint density at radius 3 is 2.46 bits per heavy atom. The summed E-state index contributed by atoms with van der Waals surface area (Å²) in [7, 11) is -3.13. The summed E-state index contributed by atoms with van der Waals surface area (Å²) in [4.78, 5) is 21.6. The average Bonchev–Trinajstić information content (AvgIpc) is 2.68. The van der Waals surface area contributed by atoms with Gasteiger partial charge < -0.3 is 0 Å². The molecular formula is C19H15BrClN3O2S2. The molecule has 1 atom stereocenters. The summed E-state index contributed by atoms with van der Waals surface area (Å²) in [5.41, 5.74) is 0.833. The maximum atomic E-state index is 13.8. The molecule has 3 rings (SSSR count). The number of hydrogen-bond acceptors (Lipinski definition) is 5. The van der Waals surface area contributed by atoms with Crippen LogP contribution in [0, 0.1) is 0 Å². The first kappa shape index (κ1) is 21.0. The van der Waals surface area contributed by atoms with E-state index in [0.717, 1.165) is 4.47 Å². The van der Waals surface area contributed by atoms with E-state index in [0.29, 0.717) is 21.3 Å². The van der Waals surface area contributed by atoms with Gasteiger partial charge in [0.1, 0.15) is 5.15 Å². The molecule has 0 saturated heterocycles. The number of nitrogens with zero attached hydrogens (tertiary/aromatic N) is 3. The van der Waals surface area contributed by atoms with Crippen molar-refractivity contribution >= 4 is 54.9 Å². The van der Waals surface area contributed by atoms with Crippen LogP contribution in [0.3, 0.4) is 0 Å². The number of rotatable bonds is 5. The van der Waals surface area contributed by atoms with Gasteiger partial charge in [-0.25, -0.2) is 14.2 Å². The SMILES string of the molecule is CSc1nc(Cl)cc(CS(=O)(=NC(=O)c2ccccc2)c2ccc(Br)cc2)n1. The third kappa shape index (κ3) is 5.20. The first-order valence-electron chi connectivity index (χ1n) is 8.07. The number of hydrogen-bond donors (Lipinski definition) is 0. The summed E-state index contributed by atoms with van der Waals surface area (Å²) in [6.45, 7) is 0. The van der Waals surface area contributed by atoms with E-state index in [1.54, 1.807) is 60.7 Å². The van der Waals surface area contributed by atoms with Crippen LogP contribution in [-0.2, 0) is 15.5 Å². The topological polar surface area (TPSA) is 72.3 Å². The van der Waals surface area contributed by atoms with Gasteiger partial charge in [0.05, 0.1) is 21.2 Å². The first-order chi connectivity index (χ1) is 13.4. The van der Waals surface area contributed by atoms with Crippen LogP contribution < -0.4 is 0 Å². The summed E-state index contributed by atoms with van der Waals surface area (Å²) in [5.74, 6) is -0.595. The van der Waals surface area contributed by atoms with Crippen LogP contribution in [0.25, 0.3) is 0 Å². The molecule has 9 heteroatoms. The Balaban J connectivity index is 2.11. The molecule has 0 saturated carbocycles. The Bertz CT molecular complexity index is 1120. The molecule has 2 aromatic carbocycles. The fourth-order valence-corrected chi connectivity index (χ4v) is 5.13. The van der Waals surface area contributed by atoms with Crippen LogP contribution in [0.15, 0.2) is 79.6 Å². The molecule has 28 heavy (non-hydrogen) atoms. The highest BCUT2D eigenvalue weighted by atomic mass is 79.9. The highest BCUT2D eigenvalue weighted by Crippen LogP contribution is 2.24. The van der Waals surface area contributed by atoms with Crippen LogP contribution in [0.5, 0.6) is 0 Å². The van der Waals surface area contributed by atoms with Crippen molar-refractivity contribution in [1.82, 2.24) is 9.97 Å². The predicted octanol–water partition coefficient (Wildman–Crippen LogP) is 5.48. The van der Waals surface area contributed by atoms with Crippen molar-refractivity contribution in [3.05, 3.63) is 81.5 Å². The van der Waals surface area contributed by atoms with Crippen molar-refractivity contribution in [2.75, 3.05) is 6.26 Å². The van der Waals surface area contributed by atoms with Gasteiger partial charge in [0.25, 0.3) is 5.91 Å². The smallest absolute Gasteiger partial charge is 0.266 e. The molecule has 0 radical (unpaired) electrons. The van der Waals surface area contributed by atoms with Crippen LogP contribution in [-0.4, -0.2) is 26.3 Å². The van der Waals surface area contributed by atoms with Crippen molar-refractivity contribution in [3.63, 3.8) is 0 Å². The largest absolute Gasteiger partial charge is 0.285 e. The standard InChI is InChI=1S/C19H15BrClN3O2S2/c1-27-19-22-15(11-17(21)23-19)12-28(26,16-9-7-14(20)8-10-16)24-18(25)13-5-3-2-4-6-13/h2-11H,12H2,1H3. The van der Waals surface area contributed by atoms with Gasteiger partial charge >= 0.3 is 0 Å². The van der Waals surface area contributed by atoms with Gasteiger partial charge in [-0.15, -0.1) is 0 Å². The van der Waals surface area contributed by atoms with Crippen molar-refractivity contribution in [2.24, 2.45) is 4.36 Å². The van der Waals surface area contributed by atoms with Crippen molar-refractivity contribution in [3.8, 4) is 0 Å². The molecule has 0 aliphatic rings. The van der Waals surface area contributed by atoms with Gasteiger partial charge in [0.15, 0.2) is 5.16 Å². The van der Waals surface area contributed by atoms with Crippen molar-refractivity contribution in [2.45, 2.75) is 15.8 Å². The minimum absolute atomic E-state index is 0.0526. The molecule has 3 aromatic rings. The molecule has 0 spiro atoms. The minimum Gasteiger partial charge on any atom is -0.266 e. The lowest BCUT2D eigenvalue weighted by atomic mass is 10.2. The van der Waals surface area contributed by atoms with E-state index in [1.165, 1.54) is 11.8 Å². The fourth-order valence-electron chi connectivity index (χ4n) is 2.39. The van der Waals surface area contributed by atoms with Crippen molar-refractivity contribution in [1.29, 1.82) is 0 Å². The van der Waals surface area contributed by atoms with Gasteiger partial charge in [-0.1, -0.05) is 57.5 Å². The van der Waals surface area contributed by atoms with Gasteiger partial charge in [-0.3, -0.25) is 4.79 Å². The predicted molar refractivity (Wildman–Crippen MR) is 116 cm³/mol. The number of thioether (sulfide) groups is 1. The van der Waals surface area contributed by atoms with E-state index < -0.39 is 15.6 Å². The minimum atomic E-state index is -3.13. The summed E-state index contributed by atoms with van der Waals surface area (Å²) < 4.78 is 18.8. The lowest BCUT2D eigenvalue weighted by Gasteiger charge is -2.11. The Morgan fingerprint density at radius 1 is 1.14 bits per heavy atom. The summed E-state index contributed by atoms with van der Waals surface area (Å²) in [6.07, 6.45) is 1.82. The normalized spacial score (nSPS) is 13.0. The number of halogens is 2. The zero-order valence-corrected chi connectivity index (χ0v) is 18.7. The number of carbonyl (C=O) groups excluding carboxylic acids is 1. The molecule has 0 fully saturated rings. The van der Waals surface area contributed by atoms with E-state index in [-0.39, 0.29) is 10.9 Å². The van der Waals surface area contributed by atoms with Crippen LogP contribution in [0.1, 0.15) is 16.1 Å². The van der Waals surface area contributed by atoms with Gasteiger partial charge in [0, 0.05) is 14.9 Å². The zero-order valence-electron chi connectivity index (χ0n) is 14.7. The number of benzene rings is 2. The number of amides is 1. The maximum Gasteiger partial charge on any atom is 0.285 e. The first-order valence-corrected chi connectivity index (χ1v) is 12.1. The van der Waals surface area contributed by atoms with E-state index >= 15 is 0 Å². The van der Waals surface area contributed by atoms with Crippen LogP contribution >= 0.6 is 39.3 Å². The third-order valence-corrected chi connectivity index (χ3v) is 7.11. The Labute approximate surface area is 181 Å². The van der Waals surface area contributed by atoms with Gasteiger partial charge in [0.2, 0.25) is 0 Å². The molecule has 5 nitrogen and oxygen atoms in total. The Morgan fingerprint density at radius 2 is 1.82 bits per heavy atom. The summed E-state index contributed by atoms with van der Waals surface area (Å²) >= 11 is 10.8. The zero-order chi connectivity index (χ0) is 20.1. The number of carbonyl (C=O) groups is 1. The molecule has 1 unspecified atom stereocenters. The Hall–Kier alpha value is -1.74. The summed E-state index contributed by atoms with van der Waals surface area (Å²) in [5, 5.41) is 0.718. The second kappa shape index (κ2) is 9.17. The van der Waals surface area contributed by atoms with Crippen molar-refractivity contribution < 1.29 is 9.00 Å². The van der Waals surface area contributed by atoms with E-state index in [2.05, 4.69) is 30.3 Å². The maximum absolute atomic E-state index is 13.8. The average molecular weight is 497 g/mol. The second-order valence-electron chi connectivity index (χ2n) is 5.67. The molecule has 0 aliphatic carbocycles. The fraction of sp³-hybridized carbons (Fsp3) is 0.105. The monoisotopic (exact) mass is 495 g/mol.